The van der Waals surface area contributed by atoms with Gasteiger partial charge in [0.25, 0.3) is 0 Å². The maximum atomic E-state index is 11.8. The minimum atomic E-state index is 0.282. The minimum absolute atomic E-state index is 0.282. The Labute approximate surface area is 96.8 Å². The molecular formula is C11H22N2OS. The molecule has 1 amide bonds. The maximum Gasteiger partial charge on any atom is 0.223 e. The molecule has 4 heteroatoms. The quantitative estimate of drug-likeness (QED) is 0.795. The summed E-state index contributed by atoms with van der Waals surface area (Å²) in [6.45, 7) is 0. The molecule has 0 bridgehead atoms. The predicted octanol–water partition coefficient (Wildman–Crippen LogP) is 1.47. The fraction of sp³-hybridized carbons (Fsp3) is 0.909. The van der Waals surface area contributed by atoms with Gasteiger partial charge in [-0.15, -0.1) is 0 Å². The van der Waals surface area contributed by atoms with Crippen molar-refractivity contribution in [2.75, 3.05) is 19.1 Å². The average molecular weight is 230 g/mol. The molecule has 2 N–H and O–H groups in total. The van der Waals surface area contributed by atoms with Gasteiger partial charge in [0.15, 0.2) is 0 Å². The molecule has 0 spiro atoms. The third-order valence-corrected chi connectivity index (χ3v) is 3.81. The van der Waals surface area contributed by atoms with Crippen LogP contribution in [0.3, 0.4) is 0 Å². The fourth-order valence-electron chi connectivity index (χ4n) is 2.06. The molecule has 0 heterocycles. The summed E-state index contributed by atoms with van der Waals surface area (Å²) in [6.07, 6.45) is 6.97. The fourth-order valence-corrected chi connectivity index (χ4v) is 2.44. The first-order chi connectivity index (χ1) is 7.15. The summed E-state index contributed by atoms with van der Waals surface area (Å²) in [7, 11) is 1.93. The number of carbonyl (C=O) groups excluding carboxylic acids is 1. The van der Waals surface area contributed by atoms with E-state index in [1.54, 1.807) is 11.8 Å². The van der Waals surface area contributed by atoms with E-state index in [4.69, 9.17) is 5.73 Å². The number of nitrogens with two attached hydrogens (primary N) is 1. The molecule has 1 fully saturated rings. The largest absolute Gasteiger partial charge is 0.343 e. The van der Waals surface area contributed by atoms with E-state index in [0.29, 0.717) is 18.5 Å². The highest BCUT2D eigenvalue weighted by atomic mass is 32.2. The first kappa shape index (κ1) is 12.8. The SMILES string of the molecule is CSCCC(=O)N(C)C1CCC(N)CC1. The van der Waals surface area contributed by atoms with Crippen LogP contribution in [0.2, 0.25) is 0 Å². The highest BCUT2D eigenvalue weighted by molar-refractivity contribution is 7.98. The Balaban J connectivity index is 2.32. The van der Waals surface area contributed by atoms with Gasteiger partial charge in [0.05, 0.1) is 0 Å². The summed E-state index contributed by atoms with van der Waals surface area (Å²) in [5.74, 6) is 1.21. The molecule has 0 aromatic carbocycles. The van der Waals surface area contributed by atoms with Crippen molar-refractivity contribution in [2.45, 2.75) is 44.2 Å². The van der Waals surface area contributed by atoms with E-state index in [2.05, 4.69) is 0 Å². The van der Waals surface area contributed by atoms with Crippen LogP contribution < -0.4 is 5.73 Å². The molecule has 0 aromatic heterocycles. The molecule has 0 atom stereocenters. The Morgan fingerprint density at radius 3 is 2.53 bits per heavy atom. The topological polar surface area (TPSA) is 46.3 Å². The van der Waals surface area contributed by atoms with E-state index in [9.17, 15) is 4.79 Å². The van der Waals surface area contributed by atoms with Gasteiger partial charge in [0.2, 0.25) is 5.91 Å². The zero-order valence-electron chi connectivity index (χ0n) is 9.74. The number of thioether (sulfide) groups is 1. The first-order valence-electron chi connectivity index (χ1n) is 5.65. The second-order valence-corrected chi connectivity index (χ2v) is 5.30. The van der Waals surface area contributed by atoms with Gasteiger partial charge >= 0.3 is 0 Å². The molecule has 1 rings (SSSR count). The van der Waals surface area contributed by atoms with Crippen LogP contribution in [0.5, 0.6) is 0 Å². The molecule has 1 aliphatic rings. The Kier molecular flexibility index (Phi) is 5.47. The third kappa shape index (κ3) is 4.03. The van der Waals surface area contributed by atoms with Crippen LogP contribution in [-0.4, -0.2) is 41.9 Å². The molecule has 15 heavy (non-hydrogen) atoms. The average Bonchev–Trinajstić information content (AvgIpc) is 2.26. The number of hydrogen-bond donors (Lipinski definition) is 1. The highest BCUT2D eigenvalue weighted by Gasteiger charge is 2.24. The lowest BCUT2D eigenvalue weighted by Gasteiger charge is -2.33. The molecule has 0 aliphatic heterocycles. The van der Waals surface area contributed by atoms with Gasteiger partial charge in [-0.05, 0) is 31.9 Å². The van der Waals surface area contributed by atoms with Crippen molar-refractivity contribution in [1.82, 2.24) is 4.90 Å². The van der Waals surface area contributed by atoms with Gasteiger partial charge in [0, 0.05) is 31.3 Å². The van der Waals surface area contributed by atoms with Crippen LogP contribution >= 0.6 is 11.8 Å². The molecule has 1 aliphatic carbocycles. The van der Waals surface area contributed by atoms with E-state index in [1.165, 1.54) is 0 Å². The molecule has 0 aromatic rings. The molecule has 88 valence electrons. The summed E-state index contributed by atoms with van der Waals surface area (Å²) in [5.41, 5.74) is 5.85. The Hall–Kier alpha value is -0.220. The molecule has 0 saturated heterocycles. The zero-order chi connectivity index (χ0) is 11.3. The second-order valence-electron chi connectivity index (χ2n) is 4.32. The van der Waals surface area contributed by atoms with E-state index in [-0.39, 0.29) is 5.91 Å². The van der Waals surface area contributed by atoms with Gasteiger partial charge in [0.1, 0.15) is 0 Å². The lowest BCUT2D eigenvalue weighted by atomic mass is 9.91. The third-order valence-electron chi connectivity index (χ3n) is 3.20. The van der Waals surface area contributed by atoms with Crippen molar-refractivity contribution >= 4 is 17.7 Å². The smallest absolute Gasteiger partial charge is 0.223 e. The summed E-state index contributed by atoms with van der Waals surface area (Å²) in [4.78, 5) is 13.7. The number of rotatable bonds is 4. The Morgan fingerprint density at radius 2 is 2.00 bits per heavy atom. The van der Waals surface area contributed by atoms with E-state index < -0.39 is 0 Å². The Morgan fingerprint density at radius 1 is 1.40 bits per heavy atom. The van der Waals surface area contributed by atoms with Crippen LogP contribution in [0.4, 0.5) is 0 Å². The van der Waals surface area contributed by atoms with Gasteiger partial charge in [-0.1, -0.05) is 0 Å². The zero-order valence-corrected chi connectivity index (χ0v) is 10.6. The van der Waals surface area contributed by atoms with Crippen molar-refractivity contribution in [3.63, 3.8) is 0 Å². The van der Waals surface area contributed by atoms with Crippen molar-refractivity contribution in [1.29, 1.82) is 0 Å². The molecule has 3 nitrogen and oxygen atoms in total. The minimum Gasteiger partial charge on any atom is -0.343 e. The number of hydrogen-bond acceptors (Lipinski definition) is 3. The van der Waals surface area contributed by atoms with Gasteiger partial charge < -0.3 is 10.6 Å². The van der Waals surface area contributed by atoms with Crippen LogP contribution in [0.1, 0.15) is 32.1 Å². The Bertz CT molecular complexity index is 203. The number of carbonyl (C=O) groups is 1. The first-order valence-corrected chi connectivity index (χ1v) is 7.04. The van der Waals surface area contributed by atoms with E-state index in [0.717, 1.165) is 31.4 Å². The van der Waals surface area contributed by atoms with Gasteiger partial charge in [-0.25, -0.2) is 0 Å². The lowest BCUT2D eigenvalue weighted by molar-refractivity contribution is -0.132. The number of nitrogens with zero attached hydrogens (tertiary/aromatic N) is 1. The van der Waals surface area contributed by atoms with E-state index >= 15 is 0 Å². The van der Waals surface area contributed by atoms with Crippen molar-refractivity contribution in [2.24, 2.45) is 5.73 Å². The molecular weight excluding hydrogens is 208 g/mol. The monoisotopic (exact) mass is 230 g/mol. The molecule has 0 radical (unpaired) electrons. The van der Waals surface area contributed by atoms with Gasteiger partial charge in [-0.2, -0.15) is 11.8 Å². The van der Waals surface area contributed by atoms with Crippen LogP contribution in [0, 0.1) is 0 Å². The maximum absolute atomic E-state index is 11.8. The summed E-state index contributed by atoms with van der Waals surface area (Å²) >= 11 is 1.73. The summed E-state index contributed by atoms with van der Waals surface area (Å²) in [6, 6.07) is 0.787. The summed E-state index contributed by atoms with van der Waals surface area (Å²) < 4.78 is 0. The molecule has 1 saturated carbocycles. The lowest BCUT2D eigenvalue weighted by Crippen LogP contribution is -2.41. The molecule has 0 unspecified atom stereocenters. The number of amides is 1. The van der Waals surface area contributed by atoms with Crippen LogP contribution in [0.15, 0.2) is 0 Å². The van der Waals surface area contributed by atoms with Gasteiger partial charge in [-0.3, -0.25) is 4.79 Å². The highest BCUT2D eigenvalue weighted by Crippen LogP contribution is 2.21. The van der Waals surface area contributed by atoms with Crippen molar-refractivity contribution in [3.8, 4) is 0 Å². The second kappa shape index (κ2) is 6.38. The van der Waals surface area contributed by atoms with E-state index in [1.807, 2.05) is 18.2 Å². The van der Waals surface area contributed by atoms with Crippen LogP contribution in [0.25, 0.3) is 0 Å². The predicted molar refractivity (Wildman–Crippen MR) is 66.0 cm³/mol. The van der Waals surface area contributed by atoms with Crippen molar-refractivity contribution < 1.29 is 4.79 Å². The normalized spacial score (nSPS) is 26.3. The standard InChI is InChI=1S/C11H22N2OS/c1-13(11(14)7-8-15-2)10-5-3-9(12)4-6-10/h9-10H,3-8,12H2,1-2H3. The summed E-state index contributed by atoms with van der Waals surface area (Å²) in [5, 5.41) is 0. The van der Waals surface area contributed by atoms with Crippen molar-refractivity contribution in [3.05, 3.63) is 0 Å². The van der Waals surface area contributed by atoms with Crippen LogP contribution in [-0.2, 0) is 4.79 Å².